The van der Waals surface area contributed by atoms with Crippen molar-refractivity contribution >= 4 is 17.9 Å². The minimum absolute atomic E-state index is 0.344. The Balaban J connectivity index is 4.20. The summed E-state index contributed by atoms with van der Waals surface area (Å²) in [5, 5.41) is 16.3. The van der Waals surface area contributed by atoms with Gasteiger partial charge in [0.25, 0.3) is 0 Å². The molecule has 8 nitrogen and oxygen atoms in total. The topological polar surface area (TPSA) is 117 Å². The number of amides is 3. The summed E-state index contributed by atoms with van der Waals surface area (Å²) < 4.78 is 4.79. The molecule has 0 spiro atoms. The number of hydrogen-bond acceptors (Lipinski definition) is 4. The lowest BCUT2D eigenvalue weighted by molar-refractivity contribution is -0.139. The summed E-state index contributed by atoms with van der Waals surface area (Å²) in [5.74, 6) is -1.45. The van der Waals surface area contributed by atoms with Crippen LogP contribution in [0.15, 0.2) is 0 Å². The number of ether oxygens (including phenoxy) is 1. The van der Waals surface area contributed by atoms with Gasteiger partial charge in [-0.1, -0.05) is 19.8 Å². The molecule has 4 N–H and O–H groups in total. The van der Waals surface area contributed by atoms with Crippen LogP contribution in [0.1, 0.15) is 33.1 Å². The third-order valence-corrected chi connectivity index (χ3v) is 2.80. The molecule has 0 bridgehead atoms. The minimum atomic E-state index is -1.09. The van der Waals surface area contributed by atoms with Crippen LogP contribution in [0.2, 0.25) is 0 Å². The number of aliphatic carboxylic acids is 1. The highest BCUT2D eigenvalue weighted by atomic mass is 16.5. The Bertz CT molecular complexity index is 349. The Kier molecular flexibility index (Phi) is 9.95. The maximum atomic E-state index is 11.7. The molecule has 0 aromatic carbocycles. The first-order valence-corrected chi connectivity index (χ1v) is 6.98. The van der Waals surface area contributed by atoms with E-state index in [1.807, 2.05) is 6.92 Å². The molecule has 0 aliphatic heterocycles. The third kappa shape index (κ3) is 8.85. The molecule has 21 heavy (non-hydrogen) atoms. The first-order chi connectivity index (χ1) is 9.92. The van der Waals surface area contributed by atoms with Crippen molar-refractivity contribution < 1.29 is 24.2 Å². The van der Waals surface area contributed by atoms with Crippen LogP contribution in [0, 0.1) is 0 Å². The summed E-state index contributed by atoms with van der Waals surface area (Å²) in [6.45, 7) is 4.18. The summed E-state index contributed by atoms with van der Waals surface area (Å²) >= 11 is 0. The van der Waals surface area contributed by atoms with E-state index in [4.69, 9.17) is 9.84 Å². The van der Waals surface area contributed by atoms with E-state index in [-0.39, 0.29) is 5.91 Å². The van der Waals surface area contributed by atoms with Gasteiger partial charge in [0.15, 0.2) is 0 Å². The standard InChI is InChI=1S/C13H25N3O5/c1-4-5-6-10(12(18)19)16-13(20)15-9(2)11(17)14-7-8-21-3/h9-10H,4-8H2,1-3H3,(H,14,17)(H,18,19)(H2,15,16,20). The normalized spacial score (nSPS) is 13.1. The molecule has 2 unspecified atom stereocenters. The van der Waals surface area contributed by atoms with Gasteiger partial charge in [0, 0.05) is 13.7 Å². The van der Waals surface area contributed by atoms with E-state index in [0.29, 0.717) is 26.0 Å². The number of urea groups is 1. The minimum Gasteiger partial charge on any atom is -0.480 e. The molecule has 0 saturated heterocycles. The van der Waals surface area contributed by atoms with Gasteiger partial charge >= 0.3 is 12.0 Å². The van der Waals surface area contributed by atoms with E-state index in [1.54, 1.807) is 0 Å². The predicted octanol–water partition coefficient (Wildman–Crippen LogP) is 0.0801. The molecule has 0 aromatic rings. The average Bonchev–Trinajstić information content (AvgIpc) is 2.43. The zero-order chi connectivity index (χ0) is 16.3. The van der Waals surface area contributed by atoms with Crippen molar-refractivity contribution in [2.24, 2.45) is 0 Å². The fourth-order valence-electron chi connectivity index (χ4n) is 1.56. The van der Waals surface area contributed by atoms with Crippen molar-refractivity contribution in [1.82, 2.24) is 16.0 Å². The quantitative estimate of drug-likeness (QED) is 0.426. The Morgan fingerprint density at radius 1 is 1.24 bits per heavy atom. The Labute approximate surface area is 124 Å². The summed E-state index contributed by atoms with van der Waals surface area (Å²) in [4.78, 5) is 34.3. The molecule has 0 radical (unpaired) electrons. The molecule has 122 valence electrons. The molecular weight excluding hydrogens is 278 g/mol. The van der Waals surface area contributed by atoms with Crippen molar-refractivity contribution in [1.29, 1.82) is 0 Å². The van der Waals surface area contributed by atoms with Gasteiger partial charge in [-0.05, 0) is 13.3 Å². The molecule has 0 fully saturated rings. The summed E-state index contributed by atoms with van der Waals surface area (Å²) in [6, 6.07) is -2.39. The van der Waals surface area contributed by atoms with Gasteiger partial charge in [0.1, 0.15) is 12.1 Å². The highest BCUT2D eigenvalue weighted by Crippen LogP contribution is 2.00. The summed E-state index contributed by atoms with van der Waals surface area (Å²) in [5.41, 5.74) is 0. The maximum absolute atomic E-state index is 11.7. The number of carbonyl (C=O) groups excluding carboxylic acids is 2. The highest BCUT2D eigenvalue weighted by molar-refractivity contribution is 5.88. The van der Waals surface area contributed by atoms with Crippen LogP contribution in [-0.2, 0) is 14.3 Å². The molecule has 0 heterocycles. The van der Waals surface area contributed by atoms with Crippen LogP contribution in [0.25, 0.3) is 0 Å². The van der Waals surface area contributed by atoms with Crippen molar-refractivity contribution in [2.45, 2.75) is 45.2 Å². The van der Waals surface area contributed by atoms with E-state index in [9.17, 15) is 14.4 Å². The largest absolute Gasteiger partial charge is 0.480 e. The van der Waals surface area contributed by atoms with Crippen molar-refractivity contribution in [3.8, 4) is 0 Å². The Morgan fingerprint density at radius 3 is 2.43 bits per heavy atom. The van der Waals surface area contributed by atoms with E-state index in [0.717, 1.165) is 6.42 Å². The van der Waals surface area contributed by atoms with Gasteiger partial charge in [-0.15, -0.1) is 0 Å². The van der Waals surface area contributed by atoms with Crippen LogP contribution >= 0.6 is 0 Å². The molecule has 0 aromatic heterocycles. The molecule has 2 atom stereocenters. The second-order valence-electron chi connectivity index (χ2n) is 4.66. The molecule has 0 rings (SSSR count). The zero-order valence-corrected chi connectivity index (χ0v) is 12.8. The van der Waals surface area contributed by atoms with E-state index in [1.165, 1.54) is 14.0 Å². The van der Waals surface area contributed by atoms with Gasteiger partial charge in [0.2, 0.25) is 5.91 Å². The van der Waals surface area contributed by atoms with E-state index < -0.39 is 24.1 Å². The first kappa shape index (κ1) is 19.2. The SMILES string of the molecule is CCCCC(NC(=O)NC(C)C(=O)NCCOC)C(=O)O. The number of hydrogen-bond donors (Lipinski definition) is 4. The fourth-order valence-corrected chi connectivity index (χ4v) is 1.56. The first-order valence-electron chi connectivity index (χ1n) is 6.98. The van der Waals surface area contributed by atoms with Crippen LogP contribution < -0.4 is 16.0 Å². The van der Waals surface area contributed by atoms with Crippen LogP contribution in [0.3, 0.4) is 0 Å². The molecule has 0 aliphatic carbocycles. The van der Waals surface area contributed by atoms with E-state index >= 15 is 0 Å². The van der Waals surface area contributed by atoms with Crippen LogP contribution in [0.4, 0.5) is 4.79 Å². The lowest BCUT2D eigenvalue weighted by Crippen LogP contribution is -2.52. The molecule has 3 amide bonds. The summed E-state index contributed by atoms with van der Waals surface area (Å²) in [6.07, 6.45) is 1.89. The fraction of sp³-hybridized carbons (Fsp3) is 0.769. The average molecular weight is 303 g/mol. The van der Waals surface area contributed by atoms with Crippen molar-refractivity contribution in [2.75, 3.05) is 20.3 Å². The smallest absolute Gasteiger partial charge is 0.326 e. The maximum Gasteiger partial charge on any atom is 0.326 e. The van der Waals surface area contributed by atoms with Crippen LogP contribution in [-0.4, -0.2) is 55.4 Å². The van der Waals surface area contributed by atoms with E-state index in [2.05, 4.69) is 16.0 Å². The number of carbonyl (C=O) groups is 3. The number of unbranched alkanes of at least 4 members (excludes halogenated alkanes) is 1. The number of nitrogens with one attached hydrogen (secondary N) is 3. The predicted molar refractivity (Wildman–Crippen MR) is 77.0 cm³/mol. The Hall–Kier alpha value is -1.83. The second kappa shape index (κ2) is 10.9. The number of carboxylic acids is 1. The highest BCUT2D eigenvalue weighted by Gasteiger charge is 2.21. The zero-order valence-electron chi connectivity index (χ0n) is 12.8. The van der Waals surface area contributed by atoms with Gasteiger partial charge in [-0.3, -0.25) is 4.79 Å². The monoisotopic (exact) mass is 303 g/mol. The third-order valence-electron chi connectivity index (χ3n) is 2.80. The van der Waals surface area contributed by atoms with Gasteiger partial charge < -0.3 is 25.8 Å². The summed E-state index contributed by atoms with van der Waals surface area (Å²) in [7, 11) is 1.52. The molecule has 0 aliphatic rings. The van der Waals surface area contributed by atoms with Gasteiger partial charge in [-0.2, -0.15) is 0 Å². The van der Waals surface area contributed by atoms with Crippen LogP contribution in [0.5, 0.6) is 0 Å². The molecular formula is C13H25N3O5. The molecule has 0 saturated carbocycles. The van der Waals surface area contributed by atoms with Crippen molar-refractivity contribution in [3.63, 3.8) is 0 Å². The lowest BCUT2D eigenvalue weighted by atomic mass is 10.1. The van der Waals surface area contributed by atoms with Crippen molar-refractivity contribution in [3.05, 3.63) is 0 Å². The van der Waals surface area contributed by atoms with Gasteiger partial charge in [-0.25, -0.2) is 9.59 Å². The number of carboxylic acid groups (broad SMARTS) is 1. The molecule has 8 heteroatoms. The number of rotatable bonds is 10. The second-order valence-corrected chi connectivity index (χ2v) is 4.66. The Morgan fingerprint density at radius 2 is 1.90 bits per heavy atom. The number of methoxy groups -OCH3 is 1. The lowest BCUT2D eigenvalue weighted by Gasteiger charge is -2.18. The van der Waals surface area contributed by atoms with Gasteiger partial charge in [0.05, 0.1) is 6.61 Å².